The maximum Gasteiger partial charge on any atom is 0.404 e. The van der Waals surface area contributed by atoms with Crippen LogP contribution in [-0.2, 0) is 13.0 Å². The first kappa shape index (κ1) is 21.9. The number of rotatable bonds is 8. The summed E-state index contributed by atoms with van der Waals surface area (Å²) in [7, 11) is 0. The maximum atomic E-state index is 11.4. The van der Waals surface area contributed by atoms with Crippen molar-refractivity contribution < 1.29 is 24.5 Å². The van der Waals surface area contributed by atoms with Crippen LogP contribution in [-0.4, -0.2) is 41.3 Å². The van der Waals surface area contributed by atoms with E-state index in [-0.39, 0.29) is 18.2 Å². The number of carboxylic acid groups (broad SMARTS) is 1. The molecule has 7 heteroatoms. The van der Waals surface area contributed by atoms with Gasteiger partial charge in [0.05, 0.1) is 12.1 Å². The maximum absolute atomic E-state index is 11.4. The van der Waals surface area contributed by atoms with Crippen LogP contribution in [0.15, 0.2) is 48.5 Å². The SMILES string of the molecule is CC(C)(C)C(NCc1ccc2c(c1)OCO2)[C@H](O)[C@H](Cc1ccccc1)NC(=O)O. The topological polar surface area (TPSA) is 100 Å². The normalized spacial score (nSPS) is 16.0. The summed E-state index contributed by atoms with van der Waals surface area (Å²) < 4.78 is 10.8. The highest BCUT2D eigenvalue weighted by atomic mass is 16.7. The number of hydrogen-bond acceptors (Lipinski definition) is 5. The lowest BCUT2D eigenvalue weighted by Gasteiger charge is -2.39. The van der Waals surface area contributed by atoms with Gasteiger partial charge in [-0.3, -0.25) is 0 Å². The predicted molar refractivity (Wildman–Crippen MR) is 114 cm³/mol. The van der Waals surface area contributed by atoms with Gasteiger partial charge in [-0.1, -0.05) is 57.2 Å². The van der Waals surface area contributed by atoms with Gasteiger partial charge in [-0.2, -0.15) is 0 Å². The summed E-state index contributed by atoms with van der Waals surface area (Å²) in [6.45, 7) is 6.79. The number of aliphatic hydroxyl groups excluding tert-OH is 1. The molecule has 3 atom stereocenters. The summed E-state index contributed by atoms with van der Waals surface area (Å²) in [6.07, 6.45) is -1.69. The Morgan fingerprint density at radius 2 is 1.77 bits per heavy atom. The molecule has 4 N–H and O–H groups in total. The van der Waals surface area contributed by atoms with E-state index >= 15 is 0 Å². The van der Waals surface area contributed by atoms with Crippen molar-refractivity contribution in [3.8, 4) is 11.5 Å². The van der Waals surface area contributed by atoms with Gasteiger partial charge in [-0.15, -0.1) is 0 Å². The van der Waals surface area contributed by atoms with Crippen LogP contribution >= 0.6 is 0 Å². The molecular formula is C23H30N2O5. The first-order valence-corrected chi connectivity index (χ1v) is 10.1. The number of amides is 1. The third-order valence-electron chi connectivity index (χ3n) is 5.26. The third kappa shape index (κ3) is 5.64. The highest BCUT2D eigenvalue weighted by molar-refractivity contribution is 5.65. The van der Waals surface area contributed by atoms with Crippen molar-refractivity contribution in [2.24, 2.45) is 5.41 Å². The van der Waals surface area contributed by atoms with Gasteiger partial charge in [0, 0.05) is 12.6 Å². The Hall–Kier alpha value is -2.77. The second kappa shape index (κ2) is 9.36. The summed E-state index contributed by atoms with van der Waals surface area (Å²) in [5.41, 5.74) is 1.63. The van der Waals surface area contributed by atoms with Crippen LogP contribution < -0.4 is 20.1 Å². The van der Waals surface area contributed by atoms with Gasteiger partial charge in [0.25, 0.3) is 0 Å². The number of carbonyl (C=O) groups is 1. The first-order chi connectivity index (χ1) is 14.2. The summed E-state index contributed by atoms with van der Waals surface area (Å²) in [4.78, 5) is 11.4. The smallest absolute Gasteiger partial charge is 0.404 e. The Morgan fingerprint density at radius 3 is 2.43 bits per heavy atom. The lowest BCUT2D eigenvalue weighted by atomic mass is 9.80. The van der Waals surface area contributed by atoms with E-state index < -0.39 is 18.2 Å². The van der Waals surface area contributed by atoms with Crippen molar-refractivity contribution in [2.45, 2.75) is 51.9 Å². The van der Waals surface area contributed by atoms with Crippen molar-refractivity contribution in [2.75, 3.05) is 6.79 Å². The lowest BCUT2D eigenvalue weighted by Crippen LogP contribution is -2.58. The largest absolute Gasteiger partial charge is 0.465 e. The van der Waals surface area contributed by atoms with Gasteiger partial charge in [0.15, 0.2) is 11.5 Å². The zero-order valence-corrected chi connectivity index (χ0v) is 17.6. The number of ether oxygens (including phenoxy) is 2. The van der Waals surface area contributed by atoms with Gasteiger partial charge >= 0.3 is 6.09 Å². The zero-order chi connectivity index (χ0) is 21.7. The van der Waals surface area contributed by atoms with E-state index in [4.69, 9.17) is 9.47 Å². The molecule has 0 radical (unpaired) electrons. The van der Waals surface area contributed by atoms with Gasteiger partial charge in [0.1, 0.15) is 0 Å². The van der Waals surface area contributed by atoms with Gasteiger partial charge < -0.3 is 30.3 Å². The Labute approximate surface area is 177 Å². The molecule has 2 aromatic carbocycles. The molecule has 162 valence electrons. The Morgan fingerprint density at radius 1 is 1.07 bits per heavy atom. The van der Waals surface area contributed by atoms with E-state index in [2.05, 4.69) is 10.6 Å². The average molecular weight is 415 g/mol. The van der Waals surface area contributed by atoms with E-state index in [0.717, 1.165) is 16.9 Å². The van der Waals surface area contributed by atoms with E-state index in [9.17, 15) is 15.0 Å². The van der Waals surface area contributed by atoms with Crippen LogP contribution in [0.5, 0.6) is 11.5 Å². The second-order valence-electron chi connectivity index (χ2n) is 8.65. The van der Waals surface area contributed by atoms with Crippen molar-refractivity contribution in [3.63, 3.8) is 0 Å². The molecule has 0 fully saturated rings. The van der Waals surface area contributed by atoms with Gasteiger partial charge in [-0.25, -0.2) is 4.79 Å². The van der Waals surface area contributed by atoms with Gasteiger partial charge in [0.2, 0.25) is 6.79 Å². The van der Waals surface area contributed by atoms with Crippen LogP contribution in [0.4, 0.5) is 4.79 Å². The summed E-state index contributed by atoms with van der Waals surface area (Å²) in [5.74, 6) is 1.43. The molecule has 3 rings (SSSR count). The number of nitrogens with one attached hydrogen (secondary N) is 2. The van der Waals surface area contributed by atoms with Crippen LogP contribution in [0.3, 0.4) is 0 Å². The van der Waals surface area contributed by atoms with E-state index in [1.807, 2.05) is 69.3 Å². The Kier molecular flexibility index (Phi) is 6.84. The minimum absolute atomic E-state index is 0.220. The molecule has 2 aromatic rings. The average Bonchev–Trinajstić information content (AvgIpc) is 3.15. The van der Waals surface area contributed by atoms with Crippen LogP contribution in [0.25, 0.3) is 0 Å². The fourth-order valence-electron chi connectivity index (χ4n) is 3.73. The molecule has 30 heavy (non-hydrogen) atoms. The Balaban J connectivity index is 1.75. The van der Waals surface area contributed by atoms with E-state index in [0.29, 0.717) is 18.7 Å². The number of fused-ring (bicyclic) bond motifs is 1. The summed E-state index contributed by atoms with van der Waals surface area (Å²) in [5, 5.41) is 26.5. The molecule has 1 unspecified atom stereocenters. The number of benzene rings is 2. The number of hydrogen-bond donors (Lipinski definition) is 4. The quantitative estimate of drug-likeness (QED) is 0.530. The lowest BCUT2D eigenvalue weighted by molar-refractivity contribution is 0.0396. The molecule has 1 amide bonds. The van der Waals surface area contributed by atoms with Crippen LogP contribution in [0.2, 0.25) is 0 Å². The fraction of sp³-hybridized carbons (Fsp3) is 0.435. The van der Waals surface area contributed by atoms with Crippen molar-refractivity contribution in [3.05, 3.63) is 59.7 Å². The molecule has 1 aliphatic heterocycles. The number of aliphatic hydroxyl groups is 1. The van der Waals surface area contributed by atoms with Crippen LogP contribution in [0.1, 0.15) is 31.9 Å². The molecule has 0 saturated heterocycles. The van der Waals surface area contributed by atoms with Gasteiger partial charge in [-0.05, 0) is 35.1 Å². The highest BCUT2D eigenvalue weighted by Crippen LogP contribution is 2.33. The third-order valence-corrected chi connectivity index (χ3v) is 5.26. The summed E-state index contributed by atoms with van der Waals surface area (Å²) >= 11 is 0. The molecule has 0 saturated carbocycles. The Bertz CT molecular complexity index is 850. The molecule has 7 nitrogen and oxygen atoms in total. The minimum atomic E-state index is -1.15. The highest BCUT2D eigenvalue weighted by Gasteiger charge is 2.36. The molecule has 1 aliphatic rings. The summed E-state index contributed by atoms with van der Waals surface area (Å²) in [6, 6.07) is 14.3. The fourth-order valence-corrected chi connectivity index (χ4v) is 3.73. The molecule has 1 heterocycles. The standard InChI is InChI=1S/C23H30N2O5/c1-23(2,3)21(24-13-16-9-10-18-19(12-16)30-14-29-18)20(26)17(25-22(27)28)11-15-7-5-4-6-8-15/h4-10,12,17,20-21,24-26H,11,13-14H2,1-3H3,(H,27,28)/t17-,20+,21?/m0/s1. The predicted octanol–water partition coefficient (Wildman–Crippen LogP) is 3.16. The minimum Gasteiger partial charge on any atom is -0.465 e. The van der Waals surface area contributed by atoms with E-state index in [1.165, 1.54) is 0 Å². The van der Waals surface area contributed by atoms with Crippen LogP contribution in [0, 0.1) is 5.41 Å². The molecule has 0 aliphatic carbocycles. The monoisotopic (exact) mass is 414 g/mol. The van der Waals surface area contributed by atoms with Crippen molar-refractivity contribution >= 4 is 6.09 Å². The van der Waals surface area contributed by atoms with Crippen molar-refractivity contribution in [1.82, 2.24) is 10.6 Å². The molecule has 0 aromatic heterocycles. The zero-order valence-electron chi connectivity index (χ0n) is 17.6. The van der Waals surface area contributed by atoms with Crippen molar-refractivity contribution in [1.29, 1.82) is 0 Å². The first-order valence-electron chi connectivity index (χ1n) is 10.1. The second-order valence-corrected chi connectivity index (χ2v) is 8.65. The molecule has 0 spiro atoms. The molecular weight excluding hydrogens is 384 g/mol. The molecule has 0 bridgehead atoms. The van der Waals surface area contributed by atoms with E-state index in [1.54, 1.807) is 0 Å².